The van der Waals surface area contributed by atoms with E-state index in [4.69, 9.17) is 21.1 Å². The third kappa shape index (κ3) is 4.23. The standard InChI is InChI=1S/C33H30ClNO3/c1-33(2)17-24-29-22-11-6-4-9-20(22)15-16-26(29)35-31(30(24)27(36)18-33)23-12-8-14-28(37-3)32(23)38-19-21-10-5-7-13-25(21)34/h4-16,31,35H,17-19H2,1-3H3/t31-/m0/s1. The maximum absolute atomic E-state index is 13.9. The highest BCUT2D eigenvalue weighted by atomic mass is 35.5. The maximum atomic E-state index is 13.9. The van der Waals surface area contributed by atoms with E-state index in [1.165, 1.54) is 5.39 Å². The number of fused-ring (bicyclic) bond motifs is 4. The number of anilines is 1. The van der Waals surface area contributed by atoms with E-state index in [1.807, 2.05) is 42.5 Å². The average molecular weight is 524 g/mol. The van der Waals surface area contributed by atoms with Gasteiger partial charge in [-0.15, -0.1) is 0 Å². The van der Waals surface area contributed by atoms with Crippen LogP contribution in [-0.2, 0) is 11.4 Å². The number of hydrogen-bond donors (Lipinski definition) is 1. The number of hydrogen-bond acceptors (Lipinski definition) is 4. The van der Waals surface area contributed by atoms with Crippen molar-refractivity contribution in [2.45, 2.75) is 39.3 Å². The first-order valence-electron chi connectivity index (χ1n) is 12.9. The number of allylic oxidation sites excluding steroid dienone is 1. The average Bonchev–Trinajstić information content (AvgIpc) is 2.91. The molecule has 0 radical (unpaired) electrons. The second kappa shape index (κ2) is 9.52. The first-order valence-corrected chi connectivity index (χ1v) is 13.3. The van der Waals surface area contributed by atoms with Crippen LogP contribution in [0.4, 0.5) is 5.69 Å². The third-order valence-electron chi connectivity index (χ3n) is 7.61. The number of benzene rings is 4. The van der Waals surface area contributed by atoms with Gasteiger partial charge in [-0.1, -0.05) is 86.1 Å². The lowest BCUT2D eigenvalue weighted by molar-refractivity contribution is -0.118. The minimum atomic E-state index is -0.362. The first-order chi connectivity index (χ1) is 18.4. The van der Waals surface area contributed by atoms with Gasteiger partial charge in [-0.05, 0) is 46.4 Å². The zero-order chi connectivity index (χ0) is 26.4. The summed E-state index contributed by atoms with van der Waals surface area (Å²) in [6, 6.07) is 25.8. The Labute approximate surface area is 228 Å². The summed E-state index contributed by atoms with van der Waals surface area (Å²) in [6.45, 7) is 4.65. The maximum Gasteiger partial charge on any atom is 0.167 e. The molecule has 4 nitrogen and oxygen atoms in total. The summed E-state index contributed by atoms with van der Waals surface area (Å²) in [5.41, 5.74) is 5.75. The van der Waals surface area contributed by atoms with Gasteiger partial charge in [0.15, 0.2) is 17.3 Å². The Hall–Kier alpha value is -3.76. The number of ketones is 1. The molecule has 0 aromatic heterocycles. The Morgan fingerprint density at radius 2 is 1.74 bits per heavy atom. The molecule has 2 aliphatic rings. The summed E-state index contributed by atoms with van der Waals surface area (Å²) >= 11 is 6.42. The Bertz CT molecular complexity index is 1600. The molecule has 0 saturated carbocycles. The number of Topliss-reactive ketones (excluding diaryl/α,β-unsaturated/α-hetero) is 1. The van der Waals surface area contributed by atoms with Gasteiger partial charge in [-0.25, -0.2) is 0 Å². The summed E-state index contributed by atoms with van der Waals surface area (Å²) in [5.74, 6) is 1.40. The number of halogens is 1. The van der Waals surface area contributed by atoms with Crippen molar-refractivity contribution in [1.29, 1.82) is 0 Å². The number of ether oxygens (including phenoxy) is 2. The predicted octanol–water partition coefficient (Wildman–Crippen LogP) is 8.39. The molecule has 5 heteroatoms. The predicted molar refractivity (Wildman–Crippen MR) is 154 cm³/mol. The second-order valence-corrected chi connectivity index (χ2v) is 11.3. The van der Waals surface area contributed by atoms with E-state index in [0.29, 0.717) is 22.9 Å². The van der Waals surface area contributed by atoms with Crippen LogP contribution in [0.2, 0.25) is 5.02 Å². The molecule has 1 N–H and O–H groups in total. The van der Waals surface area contributed by atoms with Gasteiger partial charge in [0.1, 0.15) is 6.61 Å². The van der Waals surface area contributed by atoms with Crippen LogP contribution in [-0.4, -0.2) is 12.9 Å². The van der Waals surface area contributed by atoms with Gasteiger partial charge in [0.05, 0.1) is 13.2 Å². The third-order valence-corrected chi connectivity index (χ3v) is 7.98. The molecule has 0 bridgehead atoms. The molecule has 1 atom stereocenters. The molecular weight excluding hydrogens is 494 g/mol. The van der Waals surface area contributed by atoms with Crippen molar-refractivity contribution in [3.63, 3.8) is 0 Å². The van der Waals surface area contributed by atoms with Crippen molar-refractivity contribution in [1.82, 2.24) is 0 Å². The highest BCUT2D eigenvalue weighted by Gasteiger charge is 2.41. The fraction of sp³-hybridized carbons (Fsp3) is 0.242. The van der Waals surface area contributed by atoms with E-state index in [-0.39, 0.29) is 23.8 Å². The highest BCUT2D eigenvalue weighted by Crippen LogP contribution is 2.53. The topological polar surface area (TPSA) is 47.6 Å². The summed E-state index contributed by atoms with van der Waals surface area (Å²) in [5, 5.41) is 6.70. The lowest BCUT2D eigenvalue weighted by atomic mass is 9.67. The first kappa shape index (κ1) is 24.6. The van der Waals surface area contributed by atoms with Crippen molar-refractivity contribution < 1.29 is 14.3 Å². The Kier molecular flexibility index (Phi) is 6.16. The molecule has 0 saturated heterocycles. The molecule has 0 unspecified atom stereocenters. The van der Waals surface area contributed by atoms with Crippen molar-refractivity contribution in [2.24, 2.45) is 5.41 Å². The van der Waals surface area contributed by atoms with Crippen LogP contribution in [0, 0.1) is 5.41 Å². The van der Waals surface area contributed by atoms with Crippen LogP contribution < -0.4 is 14.8 Å². The van der Waals surface area contributed by atoms with Crippen LogP contribution >= 0.6 is 11.6 Å². The number of rotatable bonds is 5. The molecule has 0 fully saturated rings. The summed E-state index contributed by atoms with van der Waals surface area (Å²) in [6.07, 6.45) is 1.33. The van der Waals surface area contributed by atoms with E-state index >= 15 is 0 Å². The number of carbonyl (C=O) groups excluding carboxylic acids is 1. The van der Waals surface area contributed by atoms with Crippen LogP contribution in [0.5, 0.6) is 11.5 Å². The molecule has 4 aromatic rings. The van der Waals surface area contributed by atoms with Crippen LogP contribution in [0.25, 0.3) is 16.3 Å². The molecule has 192 valence electrons. The van der Waals surface area contributed by atoms with E-state index in [0.717, 1.165) is 45.3 Å². The van der Waals surface area contributed by atoms with Crippen molar-refractivity contribution in [3.8, 4) is 11.5 Å². The van der Waals surface area contributed by atoms with Crippen molar-refractivity contribution in [2.75, 3.05) is 12.4 Å². The zero-order valence-electron chi connectivity index (χ0n) is 21.8. The summed E-state index contributed by atoms with van der Waals surface area (Å²) in [7, 11) is 1.64. The molecule has 0 spiro atoms. The zero-order valence-corrected chi connectivity index (χ0v) is 22.6. The van der Waals surface area contributed by atoms with Crippen LogP contribution in [0.15, 0.2) is 84.4 Å². The Balaban J connectivity index is 1.52. The molecule has 1 aliphatic carbocycles. The lowest BCUT2D eigenvalue weighted by Gasteiger charge is -2.40. The van der Waals surface area contributed by atoms with Gasteiger partial charge in [-0.3, -0.25) is 4.79 Å². The van der Waals surface area contributed by atoms with E-state index in [1.54, 1.807) is 7.11 Å². The minimum absolute atomic E-state index is 0.121. The van der Waals surface area contributed by atoms with E-state index in [9.17, 15) is 4.79 Å². The van der Waals surface area contributed by atoms with E-state index < -0.39 is 0 Å². The van der Waals surface area contributed by atoms with Gasteiger partial charge in [0, 0.05) is 39.4 Å². The molecule has 1 heterocycles. The molecule has 6 rings (SSSR count). The van der Waals surface area contributed by atoms with Crippen molar-refractivity contribution in [3.05, 3.63) is 106 Å². The largest absolute Gasteiger partial charge is 0.493 e. The number of nitrogens with one attached hydrogen (secondary N) is 1. The van der Waals surface area contributed by atoms with Gasteiger partial charge >= 0.3 is 0 Å². The number of para-hydroxylation sites is 1. The smallest absolute Gasteiger partial charge is 0.167 e. The fourth-order valence-corrected chi connectivity index (χ4v) is 6.10. The highest BCUT2D eigenvalue weighted by molar-refractivity contribution is 6.31. The Morgan fingerprint density at radius 1 is 0.947 bits per heavy atom. The van der Waals surface area contributed by atoms with Gasteiger partial charge in [0.25, 0.3) is 0 Å². The summed E-state index contributed by atoms with van der Waals surface area (Å²) in [4.78, 5) is 13.9. The number of methoxy groups -OCH3 is 1. The monoisotopic (exact) mass is 523 g/mol. The molecule has 0 amide bonds. The molecule has 1 aliphatic heterocycles. The van der Waals surface area contributed by atoms with Crippen LogP contribution in [0.1, 0.15) is 49.4 Å². The number of carbonyl (C=O) groups is 1. The minimum Gasteiger partial charge on any atom is -0.493 e. The molecule has 38 heavy (non-hydrogen) atoms. The van der Waals surface area contributed by atoms with Gasteiger partial charge < -0.3 is 14.8 Å². The van der Waals surface area contributed by atoms with Crippen molar-refractivity contribution >= 4 is 39.4 Å². The van der Waals surface area contributed by atoms with Gasteiger partial charge in [0.2, 0.25) is 0 Å². The summed E-state index contributed by atoms with van der Waals surface area (Å²) < 4.78 is 12.1. The van der Waals surface area contributed by atoms with E-state index in [2.05, 4.69) is 55.6 Å². The second-order valence-electron chi connectivity index (χ2n) is 10.9. The lowest BCUT2D eigenvalue weighted by Crippen LogP contribution is -2.33. The SMILES string of the molecule is COc1cccc([C@@H]2Nc3ccc4ccccc4c3C3=C2C(=O)CC(C)(C)C3)c1OCc1ccccc1Cl. The fourth-order valence-electron chi connectivity index (χ4n) is 5.91. The normalized spacial score (nSPS) is 18.0. The Morgan fingerprint density at radius 3 is 2.55 bits per heavy atom. The molecular formula is C33H30ClNO3. The van der Waals surface area contributed by atoms with Crippen LogP contribution in [0.3, 0.4) is 0 Å². The molecule has 4 aromatic carbocycles. The quantitative estimate of drug-likeness (QED) is 0.285. The van der Waals surface area contributed by atoms with Gasteiger partial charge in [-0.2, -0.15) is 0 Å².